The van der Waals surface area contributed by atoms with Crippen molar-refractivity contribution >= 4 is 5.97 Å². The Hall–Kier alpha value is -2.17. The second kappa shape index (κ2) is 5.65. The van der Waals surface area contributed by atoms with E-state index in [0.717, 1.165) is 24.1 Å². The van der Waals surface area contributed by atoms with Gasteiger partial charge in [-0.1, -0.05) is 36.3 Å². The third-order valence-corrected chi connectivity index (χ3v) is 3.01. The lowest BCUT2D eigenvalue weighted by molar-refractivity contribution is 0.0689. The van der Waals surface area contributed by atoms with Gasteiger partial charge in [-0.05, 0) is 31.9 Å². The Labute approximate surface area is 111 Å². The molecule has 1 aromatic heterocycles. The average molecular weight is 259 g/mol. The highest BCUT2D eigenvalue weighted by Gasteiger charge is 2.19. The molecule has 0 atom stereocenters. The molecule has 0 spiro atoms. The topological polar surface area (TPSA) is 68.0 Å². The van der Waals surface area contributed by atoms with Crippen LogP contribution in [0, 0.1) is 6.92 Å². The van der Waals surface area contributed by atoms with Gasteiger partial charge in [0, 0.05) is 0 Å². The summed E-state index contributed by atoms with van der Waals surface area (Å²) in [5.41, 5.74) is 2.71. The molecule has 0 aliphatic heterocycles. The minimum atomic E-state index is -1.02. The van der Waals surface area contributed by atoms with E-state index in [9.17, 15) is 4.79 Å². The zero-order valence-electron chi connectivity index (χ0n) is 11.1. The van der Waals surface area contributed by atoms with Crippen molar-refractivity contribution in [1.82, 2.24) is 15.0 Å². The first-order valence-electron chi connectivity index (χ1n) is 6.38. The third kappa shape index (κ3) is 2.81. The first kappa shape index (κ1) is 13.3. The SMILES string of the molecule is CCCCc1c(C(=O)O)nnn1-c1ccc(C)cc1. The molecule has 0 saturated heterocycles. The summed E-state index contributed by atoms with van der Waals surface area (Å²) in [6.07, 6.45) is 2.58. The molecule has 1 N–H and O–H groups in total. The lowest BCUT2D eigenvalue weighted by Gasteiger charge is -2.06. The lowest BCUT2D eigenvalue weighted by atomic mass is 10.1. The van der Waals surface area contributed by atoms with Crippen molar-refractivity contribution in [2.45, 2.75) is 33.1 Å². The van der Waals surface area contributed by atoms with Gasteiger partial charge in [-0.25, -0.2) is 9.48 Å². The van der Waals surface area contributed by atoms with E-state index < -0.39 is 5.97 Å². The number of nitrogens with zero attached hydrogens (tertiary/aromatic N) is 3. The number of hydrogen-bond donors (Lipinski definition) is 1. The largest absolute Gasteiger partial charge is 0.476 e. The molecule has 5 heteroatoms. The Kier molecular flexibility index (Phi) is 3.94. The highest BCUT2D eigenvalue weighted by molar-refractivity contribution is 5.86. The third-order valence-electron chi connectivity index (χ3n) is 3.01. The lowest BCUT2D eigenvalue weighted by Crippen LogP contribution is -2.07. The zero-order chi connectivity index (χ0) is 13.8. The van der Waals surface area contributed by atoms with E-state index >= 15 is 0 Å². The number of aromatic nitrogens is 3. The van der Waals surface area contributed by atoms with Crippen LogP contribution in [-0.2, 0) is 6.42 Å². The predicted molar refractivity (Wildman–Crippen MR) is 71.7 cm³/mol. The molecular weight excluding hydrogens is 242 g/mol. The number of aryl methyl sites for hydroxylation is 1. The van der Waals surface area contributed by atoms with Gasteiger partial charge in [-0.3, -0.25) is 0 Å². The smallest absolute Gasteiger partial charge is 0.358 e. The molecule has 5 nitrogen and oxygen atoms in total. The predicted octanol–water partition coefficient (Wildman–Crippen LogP) is 2.62. The van der Waals surface area contributed by atoms with E-state index in [0.29, 0.717) is 12.1 Å². The van der Waals surface area contributed by atoms with Gasteiger partial charge < -0.3 is 5.11 Å². The maximum Gasteiger partial charge on any atom is 0.358 e. The van der Waals surface area contributed by atoms with Crippen molar-refractivity contribution in [1.29, 1.82) is 0 Å². The standard InChI is InChI=1S/C14H17N3O2/c1-3-4-5-12-13(14(18)19)15-16-17(12)11-8-6-10(2)7-9-11/h6-9H,3-5H2,1-2H3,(H,18,19). The summed E-state index contributed by atoms with van der Waals surface area (Å²) in [7, 11) is 0. The second-order valence-corrected chi connectivity index (χ2v) is 4.54. The molecule has 0 fully saturated rings. The fourth-order valence-electron chi connectivity index (χ4n) is 1.93. The maximum absolute atomic E-state index is 11.2. The molecule has 2 aromatic rings. The Morgan fingerprint density at radius 2 is 2.00 bits per heavy atom. The molecule has 2 rings (SSSR count). The van der Waals surface area contributed by atoms with Gasteiger partial charge in [0.2, 0.25) is 0 Å². The van der Waals surface area contributed by atoms with Gasteiger partial charge in [0.15, 0.2) is 5.69 Å². The summed E-state index contributed by atoms with van der Waals surface area (Å²) in [6, 6.07) is 7.79. The molecule has 0 saturated carbocycles. The van der Waals surface area contributed by atoms with Crippen LogP contribution in [0.25, 0.3) is 5.69 Å². The van der Waals surface area contributed by atoms with E-state index in [1.165, 1.54) is 0 Å². The fraction of sp³-hybridized carbons (Fsp3) is 0.357. The maximum atomic E-state index is 11.2. The van der Waals surface area contributed by atoms with Crippen molar-refractivity contribution in [3.8, 4) is 5.69 Å². The Morgan fingerprint density at radius 1 is 1.32 bits per heavy atom. The fourth-order valence-corrected chi connectivity index (χ4v) is 1.93. The molecule has 0 aliphatic carbocycles. The number of benzene rings is 1. The molecule has 0 amide bonds. The van der Waals surface area contributed by atoms with Crippen molar-refractivity contribution in [3.63, 3.8) is 0 Å². The minimum absolute atomic E-state index is 0.0500. The summed E-state index contributed by atoms with van der Waals surface area (Å²) in [6.45, 7) is 4.08. The number of rotatable bonds is 5. The molecule has 1 heterocycles. The van der Waals surface area contributed by atoms with Crippen LogP contribution in [0.5, 0.6) is 0 Å². The van der Waals surface area contributed by atoms with Crippen LogP contribution >= 0.6 is 0 Å². The summed E-state index contributed by atoms with van der Waals surface area (Å²) < 4.78 is 1.62. The van der Waals surface area contributed by atoms with E-state index in [1.807, 2.05) is 31.2 Å². The van der Waals surface area contributed by atoms with Crippen molar-refractivity contribution in [2.75, 3.05) is 0 Å². The van der Waals surface area contributed by atoms with Crippen LogP contribution in [0.1, 0.15) is 41.5 Å². The average Bonchev–Trinajstić information content (AvgIpc) is 2.81. The molecule has 0 bridgehead atoms. The van der Waals surface area contributed by atoms with Crippen LogP contribution < -0.4 is 0 Å². The van der Waals surface area contributed by atoms with Gasteiger partial charge in [0.05, 0.1) is 11.4 Å². The van der Waals surface area contributed by atoms with Crippen LogP contribution in [0.3, 0.4) is 0 Å². The molecule has 19 heavy (non-hydrogen) atoms. The molecule has 1 aromatic carbocycles. The number of carboxylic acid groups (broad SMARTS) is 1. The molecular formula is C14H17N3O2. The van der Waals surface area contributed by atoms with E-state index in [4.69, 9.17) is 5.11 Å². The summed E-state index contributed by atoms with van der Waals surface area (Å²) in [5, 5.41) is 16.9. The minimum Gasteiger partial charge on any atom is -0.476 e. The second-order valence-electron chi connectivity index (χ2n) is 4.54. The molecule has 0 aliphatic rings. The van der Waals surface area contributed by atoms with Crippen LogP contribution in [-0.4, -0.2) is 26.1 Å². The number of hydrogen-bond acceptors (Lipinski definition) is 3. The summed E-state index contributed by atoms with van der Waals surface area (Å²) >= 11 is 0. The van der Waals surface area contributed by atoms with E-state index in [2.05, 4.69) is 17.2 Å². The summed E-state index contributed by atoms with van der Waals surface area (Å²) in [5.74, 6) is -1.02. The molecule has 0 unspecified atom stereocenters. The zero-order valence-corrected chi connectivity index (χ0v) is 11.1. The first-order valence-corrected chi connectivity index (χ1v) is 6.38. The normalized spacial score (nSPS) is 10.6. The Balaban J connectivity index is 2.44. The van der Waals surface area contributed by atoms with Crippen molar-refractivity contribution in [2.24, 2.45) is 0 Å². The van der Waals surface area contributed by atoms with Crippen molar-refractivity contribution in [3.05, 3.63) is 41.2 Å². The highest BCUT2D eigenvalue weighted by atomic mass is 16.4. The van der Waals surface area contributed by atoms with Crippen LogP contribution in [0.2, 0.25) is 0 Å². The van der Waals surface area contributed by atoms with Crippen molar-refractivity contribution < 1.29 is 9.90 Å². The monoisotopic (exact) mass is 259 g/mol. The first-order chi connectivity index (χ1) is 9.13. The van der Waals surface area contributed by atoms with E-state index in [1.54, 1.807) is 4.68 Å². The van der Waals surface area contributed by atoms with Gasteiger partial charge in [0.25, 0.3) is 0 Å². The number of unbranched alkanes of at least 4 members (excludes halogenated alkanes) is 1. The van der Waals surface area contributed by atoms with Gasteiger partial charge in [-0.2, -0.15) is 0 Å². The summed E-state index contributed by atoms with van der Waals surface area (Å²) in [4.78, 5) is 11.2. The van der Waals surface area contributed by atoms with Gasteiger partial charge in [0.1, 0.15) is 0 Å². The number of aromatic carboxylic acids is 1. The Bertz CT molecular complexity index is 573. The Morgan fingerprint density at radius 3 is 2.58 bits per heavy atom. The quantitative estimate of drug-likeness (QED) is 0.896. The van der Waals surface area contributed by atoms with Gasteiger partial charge in [-0.15, -0.1) is 5.10 Å². The number of carboxylic acids is 1. The van der Waals surface area contributed by atoms with Crippen LogP contribution in [0.15, 0.2) is 24.3 Å². The van der Waals surface area contributed by atoms with E-state index in [-0.39, 0.29) is 5.69 Å². The van der Waals surface area contributed by atoms with Gasteiger partial charge >= 0.3 is 5.97 Å². The number of carbonyl (C=O) groups is 1. The highest BCUT2D eigenvalue weighted by Crippen LogP contribution is 2.16. The molecule has 0 radical (unpaired) electrons. The van der Waals surface area contributed by atoms with Crippen LogP contribution in [0.4, 0.5) is 0 Å². The molecule has 100 valence electrons.